The van der Waals surface area contributed by atoms with Gasteiger partial charge in [-0.1, -0.05) is 48.0 Å². The minimum atomic E-state index is 0.265. The molecule has 1 unspecified atom stereocenters. The van der Waals surface area contributed by atoms with Crippen LogP contribution in [0, 0.1) is 6.92 Å². The van der Waals surface area contributed by atoms with E-state index in [-0.39, 0.29) is 6.04 Å². The first-order chi connectivity index (χ1) is 14.2. The number of nitrogens with one attached hydrogen (secondary N) is 1. The second-order valence-corrected chi connectivity index (χ2v) is 7.58. The van der Waals surface area contributed by atoms with E-state index in [1.807, 2.05) is 42.5 Å². The van der Waals surface area contributed by atoms with Crippen LogP contribution in [0.4, 0.5) is 5.82 Å². The summed E-state index contributed by atoms with van der Waals surface area (Å²) in [5.41, 5.74) is 5.99. The molecule has 1 atom stereocenters. The highest BCUT2D eigenvalue weighted by molar-refractivity contribution is 5.90. The van der Waals surface area contributed by atoms with E-state index in [2.05, 4.69) is 36.5 Å². The predicted molar refractivity (Wildman–Crippen MR) is 117 cm³/mol. The highest BCUT2D eigenvalue weighted by Crippen LogP contribution is 2.36. The lowest BCUT2D eigenvalue weighted by Crippen LogP contribution is -2.10. The van der Waals surface area contributed by atoms with Gasteiger partial charge in [-0.25, -0.2) is 9.97 Å². The summed E-state index contributed by atoms with van der Waals surface area (Å²) in [7, 11) is 1.67. The number of methoxy groups -OCH3 is 1. The first kappa shape index (κ1) is 17.7. The standard InChI is InChI=1S/C25H23N3O/c1-16-10-11-17-12-13-23(21(17)14-16)27-25-20-8-3-4-9-22(20)26-24(28-25)18-6-5-7-19(15-18)29-2/h3-11,14-15,23H,12-13H2,1-2H3,(H,26,27,28). The van der Waals surface area contributed by atoms with Gasteiger partial charge in [0.05, 0.1) is 18.7 Å². The van der Waals surface area contributed by atoms with Crippen LogP contribution < -0.4 is 10.1 Å². The van der Waals surface area contributed by atoms with Crippen molar-refractivity contribution >= 4 is 16.7 Å². The monoisotopic (exact) mass is 381 g/mol. The van der Waals surface area contributed by atoms with Crippen molar-refractivity contribution < 1.29 is 4.74 Å². The van der Waals surface area contributed by atoms with Crippen molar-refractivity contribution in [1.29, 1.82) is 0 Å². The van der Waals surface area contributed by atoms with Crippen LogP contribution >= 0.6 is 0 Å². The molecule has 1 heterocycles. The normalized spacial score (nSPS) is 15.3. The second kappa shape index (κ2) is 7.21. The Hall–Kier alpha value is -3.40. The number of hydrogen-bond donors (Lipinski definition) is 1. The lowest BCUT2D eigenvalue weighted by atomic mass is 10.0. The predicted octanol–water partition coefficient (Wildman–Crippen LogP) is 5.71. The third-order valence-corrected chi connectivity index (χ3v) is 5.62. The highest BCUT2D eigenvalue weighted by Gasteiger charge is 2.23. The van der Waals surface area contributed by atoms with Gasteiger partial charge in [-0.05, 0) is 55.2 Å². The van der Waals surface area contributed by atoms with Crippen LogP contribution in [0.1, 0.15) is 29.2 Å². The Balaban J connectivity index is 1.59. The third kappa shape index (κ3) is 3.31. The molecule has 144 valence electrons. The molecule has 0 bridgehead atoms. The van der Waals surface area contributed by atoms with Crippen LogP contribution in [0.2, 0.25) is 0 Å². The number of benzene rings is 3. The zero-order valence-corrected chi connectivity index (χ0v) is 16.6. The number of nitrogens with zero attached hydrogens (tertiary/aromatic N) is 2. The van der Waals surface area contributed by atoms with Gasteiger partial charge in [0, 0.05) is 10.9 Å². The summed E-state index contributed by atoms with van der Waals surface area (Å²) >= 11 is 0. The molecule has 29 heavy (non-hydrogen) atoms. The van der Waals surface area contributed by atoms with Crippen molar-refractivity contribution in [1.82, 2.24) is 9.97 Å². The molecule has 0 fully saturated rings. The van der Waals surface area contributed by atoms with Crippen molar-refractivity contribution in [3.05, 3.63) is 83.4 Å². The van der Waals surface area contributed by atoms with Gasteiger partial charge in [-0.3, -0.25) is 0 Å². The van der Waals surface area contributed by atoms with Gasteiger partial charge in [-0.15, -0.1) is 0 Å². The van der Waals surface area contributed by atoms with Crippen LogP contribution in [-0.2, 0) is 6.42 Å². The Kier molecular flexibility index (Phi) is 4.39. The molecule has 0 radical (unpaired) electrons. The zero-order valence-electron chi connectivity index (χ0n) is 16.6. The molecule has 0 saturated heterocycles. The molecular weight excluding hydrogens is 358 g/mol. The van der Waals surface area contributed by atoms with Crippen LogP contribution in [-0.4, -0.2) is 17.1 Å². The van der Waals surface area contributed by atoms with Crippen molar-refractivity contribution in [2.24, 2.45) is 0 Å². The molecule has 1 aliphatic rings. The van der Waals surface area contributed by atoms with Crippen LogP contribution in [0.15, 0.2) is 66.7 Å². The van der Waals surface area contributed by atoms with E-state index in [0.29, 0.717) is 5.82 Å². The molecular formula is C25H23N3O. The molecule has 4 nitrogen and oxygen atoms in total. The fourth-order valence-electron chi connectivity index (χ4n) is 4.11. The van der Waals surface area contributed by atoms with Gasteiger partial charge in [0.25, 0.3) is 0 Å². The van der Waals surface area contributed by atoms with Crippen molar-refractivity contribution in [2.75, 3.05) is 12.4 Å². The number of aryl methyl sites for hydroxylation is 2. The second-order valence-electron chi connectivity index (χ2n) is 7.58. The molecule has 3 aromatic carbocycles. The Labute approximate surface area is 170 Å². The Morgan fingerprint density at radius 1 is 0.966 bits per heavy atom. The molecule has 1 aliphatic carbocycles. The number of aromatic nitrogens is 2. The summed E-state index contributed by atoms with van der Waals surface area (Å²) in [6, 6.07) is 23.1. The molecule has 5 rings (SSSR count). The molecule has 1 aromatic heterocycles. The van der Waals surface area contributed by atoms with E-state index in [9.17, 15) is 0 Å². The van der Waals surface area contributed by atoms with Crippen LogP contribution in [0.5, 0.6) is 5.75 Å². The average Bonchev–Trinajstić information content (AvgIpc) is 3.15. The first-order valence-corrected chi connectivity index (χ1v) is 9.98. The van der Waals surface area contributed by atoms with Crippen molar-refractivity contribution in [3.8, 4) is 17.1 Å². The number of ether oxygens (including phenoxy) is 1. The fraction of sp³-hybridized carbons (Fsp3) is 0.200. The van der Waals surface area contributed by atoms with E-state index >= 15 is 0 Å². The zero-order chi connectivity index (χ0) is 19.8. The molecule has 1 N–H and O–H groups in total. The lowest BCUT2D eigenvalue weighted by molar-refractivity contribution is 0.415. The van der Waals surface area contributed by atoms with Gasteiger partial charge in [0.2, 0.25) is 0 Å². The molecule has 4 heteroatoms. The van der Waals surface area contributed by atoms with Gasteiger partial charge in [0.1, 0.15) is 11.6 Å². The molecule has 4 aromatic rings. The van der Waals surface area contributed by atoms with Crippen molar-refractivity contribution in [3.63, 3.8) is 0 Å². The summed E-state index contributed by atoms with van der Waals surface area (Å²) < 4.78 is 5.38. The maximum absolute atomic E-state index is 5.38. The van der Waals surface area contributed by atoms with E-state index < -0.39 is 0 Å². The molecule has 0 amide bonds. The topological polar surface area (TPSA) is 47.0 Å². The Morgan fingerprint density at radius 2 is 1.86 bits per heavy atom. The largest absolute Gasteiger partial charge is 0.497 e. The van der Waals surface area contributed by atoms with Gasteiger partial charge in [0.15, 0.2) is 5.82 Å². The number of fused-ring (bicyclic) bond motifs is 2. The van der Waals surface area contributed by atoms with Gasteiger partial charge >= 0.3 is 0 Å². The van der Waals surface area contributed by atoms with E-state index in [0.717, 1.165) is 40.9 Å². The van der Waals surface area contributed by atoms with E-state index in [1.165, 1.54) is 16.7 Å². The van der Waals surface area contributed by atoms with Crippen LogP contribution in [0.25, 0.3) is 22.3 Å². The third-order valence-electron chi connectivity index (χ3n) is 5.62. The minimum absolute atomic E-state index is 0.265. The quantitative estimate of drug-likeness (QED) is 0.492. The summed E-state index contributed by atoms with van der Waals surface area (Å²) in [4.78, 5) is 9.74. The highest BCUT2D eigenvalue weighted by atomic mass is 16.5. The SMILES string of the molecule is COc1cccc(-c2nc(NC3CCc4ccc(C)cc43)c3ccccc3n2)c1. The lowest BCUT2D eigenvalue weighted by Gasteiger charge is -2.18. The van der Waals surface area contributed by atoms with Crippen LogP contribution in [0.3, 0.4) is 0 Å². The molecule has 0 spiro atoms. The molecule has 0 saturated carbocycles. The molecule has 0 aliphatic heterocycles. The summed E-state index contributed by atoms with van der Waals surface area (Å²) in [5.74, 6) is 2.38. The smallest absolute Gasteiger partial charge is 0.162 e. The van der Waals surface area contributed by atoms with E-state index in [1.54, 1.807) is 7.11 Å². The van der Waals surface area contributed by atoms with Gasteiger partial charge in [-0.2, -0.15) is 0 Å². The maximum atomic E-state index is 5.38. The number of para-hydroxylation sites is 1. The van der Waals surface area contributed by atoms with Gasteiger partial charge < -0.3 is 10.1 Å². The Morgan fingerprint density at radius 3 is 2.76 bits per heavy atom. The summed E-state index contributed by atoms with van der Waals surface area (Å²) in [5, 5.41) is 4.77. The minimum Gasteiger partial charge on any atom is -0.497 e. The average molecular weight is 381 g/mol. The number of hydrogen-bond acceptors (Lipinski definition) is 4. The summed E-state index contributed by atoms with van der Waals surface area (Å²) in [6.07, 6.45) is 2.17. The Bertz CT molecular complexity index is 1200. The number of rotatable bonds is 4. The first-order valence-electron chi connectivity index (χ1n) is 9.98. The summed E-state index contributed by atoms with van der Waals surface area (Å²) in [6.45, 7) is 2.15. The fourth-order valence-corrected chi connectivity index (χ4v) is 4.11. The van der Waals surface area contributed by atoms with Crippen molar-refractivity contribution in [2.45, 2.75) is 25.8 Å². The number of anilines is 1. The van der Waals surface area contributed by atoms with E-state index in [4.69, 9.17) is 14.7 Å². The maximum Gasteiger partial charge on any atom is 0.162 e.